The second-order valence-corrected chi connectivity index (χ2v) is 5.35. The molecule has 2 heterocycles. The van der Waals surface area contributed by atoms with E-state index in [0.717, 1.165) is 6.42 Å². The summed E-state index contributed by atoms with van der Waals surface area (Å²) in [5, 5.41) is 10.8. The first-order chi connectivity index (χ1) is 10.8. The van der Waals surface area contributed by atoms with Gasteiger partial charge >= 0.3 is 18.1 Å². The van der Waals surface area contributed by atoms with Crippen molar-refractivity contribution in [3.8, 4) is 0 Å². The Labute approximate surface area is 130 Å². The van der Waals surface area contributed by atoms with Crippen molar-refractivity contribution < 1.29 is 27.9 Å². The third-order valence-electron chi connectivity index (χ3n) is 3.61. The molecular weight excluding hydrogens is 315 g/mol. The summed E-state index contributed by atoms with van der Waals surface area (Å²) in [7, 11) is 0. The molecule has 1 aromatic rings. The Morgan fingerprint density at radius 1 is 1.39 bits per heavy atom. The highest BCUT2D eigenvalue weighted by molar-refractivity contribution is 5.85. The number of carbonyl (C=O) groups is 2. The maximum absolute atomic E-state index is 12.2. The minimum absolute atomic E-state index is 0.0759. The van der Waals surface area contributed by atoms with E-state index in [0.29, 0.717) is 25.3 Å². The third-order valence-corrected chi connectivity index (χ3v) is 3.61. The molecule has 0 spiro atoms. The van der Waals surface area contributed by atoms with Crippen molar-refractivity contribution in [1.29, 1.82) is 0 Å². The fourth-order valence-electron chi connectivity index (χ4n) is 2.50. The van der Waals surface area contributed by atoms with E-state index in [1.807, 2.05) is 10.2 Å². The van der Waals surface area contributed by atoms with E-state index in [9.17, 15) is 22.8 Å². The summed E-state index contributed by atoms with van der Waals surface area (Å²) in [6.07, 6.45) is -3.47. The molecule has 1 unspecified atom stereocenters. The first-order valence-electron chi connectivity index (χ1n) is 7.07. The molecule has 2 N–H and O–H groups in total. The number of carbonyl (C=O) groups excluding carboxylic acids is 1. The van der Waals surface area contributed by atoms with Gasteiger partial charge in [0, 0.05) is 19.6 Å². The zero-order valence-electron chi connectivity index (χ0n) is 12.1. The molecular formula is C14H16F3N3O3. The Hall–Kier alpha value is -2.32. The molecule has 1 atom stereocenters. The average Bonchev–Trinajstić information content (AvgIpc) is 2.52. The maximum Gasteiger partial charge on any atom is 0.471 e. The van der Waals surface area contributed by atoms with E-state index in [-0.39, 0.29) is 18.2 Å². The van der Waals surface area contributed by atoms with Crippen LogP contribution in [0.3, 0.4) is 0 Å². The molecule has 23 heavy (non-hydrogen) atoms. The number of aromatic carboxylic acids is 1. The highest BCUT2D eigenvalue weighted by Gasteiger charge is 2.38. The summed E-state index contributed by atoms with van der Waals surface area (Å²) < 4.78 is 36.5. The first-order valence-corrected chi connectivity index (χ1v) is 7.07. The number of nitrogens with one attached hydrogen (secondary N) is 1. The zero-order chi connectivity index (χ0) is 17.0. The molecule has 9 heteroatoms. The number of carboxylic acid groups (broad SMARTS) is 1. The molecule has 1 saturated heterocycles. The molecule has 1 aromatic heterocycles. The van der Waals surface area contributed by atoms with Crippen molar-refractivity contribution in [2.24, 2.45) is 5.92 Å². The molecule has 2 rings (SSSR count). The largest absolute Gasteiger partial charge is 0.477 e. The lowest BCUT2D eigenvalue weighted by atomic mass is 9.98. The Balaban J connectivity index is 1.97. The topological polar surface area (TPSA) is 82.5 Å². The number of carboxylic acids is 1. The van der Waals surface area contributed by atoms with Gasteiger partial charge < -0.3 is 15.3 Å². The molecule has 6 nitrogen and oxygen atoms in total. The van der Waals surface area contributed by atoms with Crippen LogP contribution in [0.25, 0.3) is 0 Å². The molecule has 126 valence electrons. The number of anilines is 1. The van der Waals surface area contributed by atoms with Crippen LogP contribution in [-0.2, 0) is 4.79 Å². The Morgan fingerprint density at radius 2 is 2.13 bits per heavy atom. The van der Waals surface area contributed by atoms with Crippen LogP contribution in [0, 0.1) is 5.92 Å². The molecule has 0 saturated carbocycles. The number of hydrogen-bond acceptors (Lipinski definition) is 4. The van der Waals surface area contributed by atoms with Crippen LogP contribution < -0.4 is 10.2 Å². The minimum atomic E-state index is -4.88. The van der Waals surface area contributed by atoms with Gasteiger partial charge in [-0.2, -0.15) is 13.2 Å². The number of aromatic nitrogens is 1. The summed E-state index contributed by atoms with van der Waals surface area (Å²) in [5.41, 5.74) is -0.0880. The molecule has 0 bridgehead atoms. The standard InChI is InChI=1S/C14H16F3N3O3/c15-14(16,17)13(23)18-7-9-3-2-6-20(8-9)11-5-1-4-10(19-11)12(21)22/h1,4-5,9H,2-3,6-8H2,(H,18,23)(H,21,22). The van der Waals surface area contributed by atoms with Gasteiger partial charge in [-0.3, -0.25) is 4.79 Å². The van der Waals surface area contributed by atoms with E-state index in [1.54, 1.807) is 12.1 Å². The van der Waals surface area contributed by atoms with Crippen molar-refractivity contribution >= 4 is 17.7 Å². The van der Waals surface area contributed by atoms with Crippen molar-refractivity contribution in [3.63, 3.8) is 0 Å². The van der Waals surface area contributed by atoms with Crippen LogP contribution in [0.15, 0.2) is 18.2 Å². The number of amides is 1. The van der Waals surface area contributed by atoms with Gasteiger partial charge in [-0.05, 0) is 30.9 Å². The van der Waals surface area contributed by atoms with Gasteiger partial charge in [-0.1, -0.05) is 6.07 Å². The molecule has 1 aliphatic heterocycles. The summed E-state index contributed by atoms with van der Waals surface area (Å²) in [6.45, 7) is 0.974. The normalized spacial score (nSPS) is 18.6. The summed E-state index contributed by atoms with van der Waals surface area (Å²) in [6, 6.07) is 4.60. The quantitative estimate of drug-likeness (QED) is 0.877. The lowest BCUT2D eigenvalue weighted by Gasteiger charge is -2.33. The second kappa shape index (κ2) is 6.84. The molecule has 0 aliphatic carbocycles. The number of pyridine rings is 1. The second-order valence-electron chi connectivity index (χ2n) is 5.35. The molecule has 1 aliphatic rings. The number of hydrogen-bond donors (Lipinski definition) is 2. The predicted octanol–water partition coefficient (Wildman–Crippen LogP) is 1.67. The van der Waals surface area contributed by atoms with Crippen LogP contribution in [0.2, 0.25) is 0 Å². The van der Waals surface area contributed by atoms with Gasteiger partial charge in [0.2, 0.25) is 0 Å². The lowest BCUT2D eigenvalue weighted by Crippen LogP contribution is -2.44. The van der Waals surface area contributed by atoms with Crippen LogP contribution in [-0.4, -0.2) is 47.8 Å². The first kappa shape index (κ1) is 17.0. The van der Waals surface area contributed by atoms with Gasteiger partial charge in [-0.15, -0.1) is 0 Å². The van der Waals surface area contributed by atoms with Crippen molar-refractivity contribution in [1.82, 2.24) is 10.3 Å². The Kier molecular flexibility index (Phi) is 5.07. The van der Waals surface area contributed by atoms with E-state index in [4.69, 9.17) is 5.11 Å². The van der Waals surface area contributed by atoms with Gasteiger partial charge in [0.15, 0.2) is 5.69 Å². The van der Waals surface area contributed by atoms with Gasteiger partial charge in [0.05, 0.1) is 0 Å². The summed E-state index contributed by atoms with van der Waals surface area (Å²) >= 11 is 0. The van der Waals surface area contributed by atoms with Gasteiger partial charge in [0.25, 0.3) is 0 Å². The van der Waals surface area contributed by atoms with Gasteiger partial charge in [0.1, 0.15) is 5.82 Å². The SMILES string of the molecule is O=C(O)c1cccc(N2CCCC(CNC(=O)C(F)(F)F)C2)n1. The average molecular weight is 331 g/mol. The van der Waals surface area contributed by atoms with E-state index >= 15 is 0 Å². The minimum Gasteiger partial charge on any atom is -0.477 e. The highest BCUT2D eigenvalue weighted by Crippen LogP contribution is 2.22. The van der Waals surface area contributed by atoms with Crippen LogP contribution >= 0.6 is 0 Å². The van der Waals surface area contributed by atoms with E-state index in [2.05, 4.69) is 4.98 Å². The molecule has 0 radical (unpaired) electrons. The number of alkyl halides is 3. The molecule has 1 amide bonds. The van der Waals surface area contributed by atoms with Crippen molar-refractivity contribution in [3.05, 3.63) is 23.9 Å². The highest BCUT2D eigenvalue weighted by atomic mass is 19.4. The third kappa shape index (κ3) is 4.57. The number of halogens is 3. The van der Waals surface area contributed by atoms with Crippen molar-refractivity contribution in [2.45, 2.75) is 19.0 Å². The number of piperidine rings is 1. The smallest absolute Gasteiger partial charge is 0.471 e. The summed E-state index contributed by atoms with van der Waals surface area (Å²) in [5.74, 6) is -2.76. The predicted molar refractivity (Wildman–Crippen MR) is 75.2 cm³/mol. The monoisotopic (exact) mass is 331 g/mol. The maximum atomic E-state index is 12.2. The number of nitrogens with zero attached hydrogens (tertiary/aromatic N) is 2. The lowest BCUT2D eigenvalue weighted by molar-refractivity contribution is -0.173. The van der Waals surface area contributed by atoms with Crippen LogP contribution in [0.1, 0.15) is 23.3 Å². The fraction of sp³-hybridized carbons (Fsp3) is 0.500. The zero-order valence-corrected chi connectivity index (χ0v) is 12.1. The fourth-order valence-corrected chi connectivity index (χ4v) is 2.50. The summed E-state index contributed by atoms with van der Waals surface area (Å²) in [4.78, 5) is 27.6. The van der Waals surface area contributed by atoms with Crippen LogP contribution in [0.5, 0.6) is 0 Å². The van der Waals surface area contributed by atoms with Gasteiger partial charge in [-0.25, -0.2) is 9.78 Å². The van der Waals surface area contributed by atoms with Crippen molar-refractivity contribution in [2.75, 3.05) is 24.5 Å². The van der Waals surface area contributed by atoms with E-state index < -0.39 is 18.1 Å². The van der Waals surface area contributed by atoms with Crippen LogP contribution in [0.4, 0.5) is 19.0 Å². The van der Waals surface area contributed by atoms with E-state index in [1.165, 1.54) is 6.07 Å². The number of rotatable bonds is 4. The Morgan fingerprint density at radius 3 is 2.78 bits per heavy atom. The Bertz CT molecular complexity index is 592. The molecule has 1 fully saturated rings. The molecule has 0 aromatic carbocycles.